The molecule has 1 aromatic rings. The summed E-state index contributed by atoms with van der Waals surface area (Å²) in [5, 5.41) is 1.80. The summed E-state index contributed by atoms with van der Waals surface area (Å²) >= 11 is 1.43. The van der Waals surface area contributed by atoms with E-state index in [0.29, 0.717) is 5.75 Å². The summed E-state index contributed by atoms with van der Waals surface area (Å²) in [6.45, 7) is 1.25. The topological polar surface area (TPSA) is 136 Å². The fourth-order valence-corrected chi connectivity index (χ4v) is 3.06. The Balaban J connectivity index is 2.21. The van der Waals surface area contributed by atoms with Crippen molar-refractivity contribution in [1.29, 1.82) is 0 Å². The second-order valence-corrected chi connectivity index (χ2v) is 6.74. The number of carbonyl (C=O) groups is 5. The molecule has 1 aromatic carbocycles. The number of amides is 5. The maximum Gasteiger partial charge on any atom is 0.330 e. The molecule has 2 rings (SSSR count). The van der Waals surface area contributed by atoms with Crippen LogP contribution < -0.4 is 11.1 Å². The van der Waals surface area contributed by atoms with Gasteiger partial charge in [-0.25, -0.2) is 9.59 Å². The molecule has 144 valence electrons. The van der Waals surface area contributed by atoms with Gasteiger partial charge in [-0.2, -0.15) is 11.8 Å². The molecule has 9 nitrogen and oxygen atoms in total. The maximum atomic E-state index is 12.6. The van der Waals surface area contributed by atoms with Crippen molar-refractivity contribution >= 4 is 41.5 Å². The molecule has 3 N–H and O–H groups in total. The van der Waals surface area contributed by atoms with Crippen LogP contribution in [-0.2, 0) is 14.3 Å². The minimum Gasteiger partial charge on any atom is -0.451 e. The lowest BCUT2D eigenvalue weighted by molar-refractivity contribution is -0.158. The molecule has 0 spiro atoms. The smallest absolute Gasteiger partial charge is 0.330 e. The maximum absolute atomic E-state index is 12.6. The van der Waals surface area contributed by atoms with E-state index in [1.165, 1.54) is 30.8 Å². The van der Waals surface area contributed by atoms with Crippen molar-refractivity contribution in [2.75, 3.05) is 12.0 Å². The summed E-state index contributed by atoms with van der Waals surface area (Å²) in [7, 11) is 0. The number of primary amides is 1. The number of rotatable bonds is 7. The zero-order chi connectivity index (χ0) is 20.1. The standard InChI is InChI=1S/C17H19N3O6S/c1-9(13(21)19-17(18)25)26-16(24)12(7-8-27-2)20-14(22)10-5-3-4-6-11(10)15(20)23/h3-6,9,12H,7-8H2,1-2H3,(H3,18,19,21,25)/t9-,12+/m0/s1. The molecule has 0 radical (unpaired) electrons. The number of nitrogens with zero attached hydrogens (tertiary/aromatic N) is 1. The SMILES string of the molecule is CSCC[C@H](C(=O)O[C@@H](C)C(=O)NC(N)=O)N1C(=O)c2ccccc2C1=O. The van der Waals surface area contributed by atoms with Crippen LogP contribution in [0.3, 0.4) is 0 Å². The van der Waals surface area contributed by atoms with Crippen LogP contribution in [0.15, 0.2) is 24.3 Å². The second-order valence-electron chi connectivity index (χ2n) is 5.76. The number of fused-ring (bicyclic) bond motifs is 1. The number of nitrogens with one attached hydrogen (secondary N) is 1. The van der Waals surface area contributed by atoms with Gasteiger partial charge in [0.1, 0.15) is 6.04 Å². The summed E-state index contributed by atoms with van der Waals surface area (Å²) in [4.78, 5) is 61.2. The molecule has 0 saturated heterocycles. The van der Waals surface area contributed by atoms with Crippen LogP contribution >= 0.6 is 11.8 Å². The first-order valence-electron chi connectivity index (χ1n) is 8.04. The Morgan fingerprint density at radius 3 is 2.22 bits per heavy atom. The van der Waals surface area contributed by atoms with Crippen LogP contribution in [0, 0.1) is 0 Å². The molecule has 0 aliphatic carbocycles. The van der Waals surface area contributed by atoms with Crippen molar-refractivity contribution in [2.45, 2.75) is 25.5 Å². The van der Waals surface area contributed by atoms with Crippen molar-refractivity contribution in [2.24, 2.45) is 5.73 Å². The van der Waals surface area contributed by atoms with E-state index in [1.54, 1.807) is 17.4 Å². The Labute approximate surface area is 159 Å². The van der Waals surface area contributed by atoms with E-state index >= 15 is 0 Å². The largest absolute Gasteiger partial charge is 0.451 e. The molecule has 0 fully saturated rings. The van der Waals surface area contributed by atoms with Gasteiger partial charge in [-0.15, -0.1) is 0 Å². The van der Waals surface area contributed by atoms with Gasteiger partial charge in [0, 0.05) is 0 Å². The lowest BCUT2D eigenvalue weighted by atomic mass is 10.1. The molecular formula is C17H19N3O6S. The first kappa shape index (κ1) is 20.4. The van der Waals surface area contributed by atoms with Gasteiger partial charge in [0.2, 0.25) is 0 Å². The molecule has 0 aromatic heterocycles. The van der Waals surface area contributed by atoms with Gasteiger partial charge in [-0.05, 0) is 37.5 Å². The van der Waals surface area contributed by atoms with E-state index in [-0.39, 0.29) is 17.5 Å². The Morgan fingerprint density at radius 1 is 1.19 bits per heavy atom. The highest BCUT2D eigenvalue weighted by molar-refractivity contribution is 7.98. The van der Waals surface area contributed by atoms with E-state index in [9.17, 15) is 24.0 Å². The molecular weight excluding hydrogens is 374 g/mol. The first-order chi connectivity index (χ1) is 12.8. The average Bonchev–Trinajstić information content (AvgIpc) is 2.87. The van der Waals surface area contributed by atoms with Crippen LogP contribution in [0.1, 0.15) is 34.1 Å². The quantitative estimate of drug-likeness (QED) is 0.509. The fraction of sp³-hybridized carbons (Fsp3) is 0.353. The van der Waals surface area contributed by atoms with Gasteiger partial charge >= 0.3 is 12.0 Å². The molecule has 1 aliphatic rings. The van der Waals surface area contributed by atoms with Gasteiger partial charge < -0.3 is 10.5 Å². The molecule has 2 atom stereocenters. The number of ether oxygens (including phenoxy) is 1. The number of carbonyl (C=O) groups excluding carboxylic acids is 5. The molecule has 10 heteroatoms. The highest BCUT2D eigenvalue weighted by Gasteiger charge is 2.43. The highest BCUT2D eigenvalue weighted by Crippen LogP contribution is 2.26. The van der Waals surface area contributed by atoms with Crippen molar-refractivity contribution in [3.8, 4) is 0 Å². The van der Waals surface area contributed by atoms with Crippen LogP contribution in [0.4, 0.5) is 4.79 Å². The van der Waals surface area contributed by atoms with E-state index in [0.717, 1.165) is 4.90 Å². The molecule has 0 bridgehead atoms. The number of nitrogens with two attached hydrogens (primary N) is 1. The van der Waals surface area contributed by atoms with Crippen LogP contribution in [-0.4, -0.2) is 58.8 Å². The summed E-state index contributed by atoms with van der Waals surface area (Å²) in [5.74, 6) is -2.51. The van der Waals surface area contributed by atoms with Gasteiger partial charge in [0.25, 0.3) is 17.7 Å². The van der Waals surface area contributed by atoms with Gasteiger partial charge in [0.15, 0.2) is 6.10 Å². The second kappa shape index (κ2) is 8.67. The fourth-order valence-electron chi connectivity index (χ4n) is 2.60. The minimum atomic E-state index is -1.32. The Hall–Kier alpha value is -2.88. The van der Waals surface area contributed by atoms with Crippen LogP contribution in [0.25, 0.3) is 0 Å². The van der Waals surface area contributed by atoms with E-state index < -0.39 is 41.9 Å². The van der Waals surface area contributed by atoms with Crippen LogP contribution in [0.5, 0.6) is 0 Å². The van der Waals surface area contributed by atoms with E-state index in [4.69, 9.17) is 10.5 Å². The average molecular weight is 393 g/mol. The van der Waals surface area contributed by atoms with E-state index in [2.05, 4.69) is 0 Å². The number of benzene rings is 1. The third-order valence-electron chi connectivity index (χ3n) is 3.91. The first-order valence-corrected chi connectivity index (χ1v) is 9.44. The zero-order valence-corrected chi connectivity index (χ0v) is 15.6. The molecule has 1 heterocycles. The van der Waals surface area contributed by atoms with Gasteiger partial charge in [-0.1, -0.05) is 12.1 Å². The monoisotopic (exact) mass is 393 g/mol. The van der Waals surface area contributed by atoms with Crippen molar-refractivity contribution in [3.05, 3.63) is 35.4 Å². The molecule has 0 saturated carbocycles. The molecule has 0 unspecified atom stereocenters. The van der Waals surface area contributed by atoms with Gasteiger partial charge in [-0.3, -0.25) is 24.6 Å². The number of imide groups is 2. The normalized spacial score (nSPS) is 15.1. The minimum absolute atomic E-state index is 0.162. The third kappa shape index (κ3) is 4.45. The zero-order valence-electron chi connectivity index (χ0n) is 14.8. The predicted molar refractivity (Wildman–Crippen MR) is 97.0 cm³/mol. The van der Waals surface area contributed by atoms with E-state index in [1.807, 2.05) is 6.26 Å². The van der Waals surface area contributed by atoms with Crippen molar-refractivity contribution in [3.63, 3.8) is 0 Å². The number of urea groups is 1. The summed E-state index contributed by atoms with van der Waals surface area (Å²) < 4.78 is 5.07. The van der Waals surface area contributed by atoms with Gasteiger partial charge in [0.05, 0.1) is 11.1 Å². The molecule has 27 heavy (non-hydrogen) atoms. The number of hydrogen-bond acceptors (Lipinski definition) is 7. The summed E-state index contributed by atoms with van der Waals surface area (Å²) in [5.41, 5.74) is 5.28. The number of hydrogen-bond donors (Lipinski definition) is 2. The lowest BCUT2D eigenvalue weighted by Gasteiger charge is -2.25. The Bertz CT molecular complexity index is 762. The lowest BCUT2D eigenvalue weighted by Crippen LogP contribution is -2.49. The molecule has 5 amide bonds. The molecule has 1 aliphatic heterocycles. The third-order valence-corrected chi connectivity index (χ3v) is 4.56. The Morgan fingerprint density at radius 2 is 1.74 bits per heavy atom. The summed E-state index contributed by atoms with van der Waals surface area (Å²) in [6.07, 6.45) is 0.653. The highest BCUT2D eigenvalue weighted by atomic mass is 32.2. The predicted octanol–water partition coefficient (Wildman–Crippen LogP) is 0.531. The Kier molecular flexibility index (Phi) is 6.56. The number of esters is 1. The van der Waals surface area contributed by atoms with Crippen molar-refractivity contribution in [1.82, 2.24) is 10.2 Å². The number of thioether (sulfide) groups is 1. The van der Waals surface area contributed by atoms with Crippen LogP contribution in [0.2, 0.25) is 0 Å². The van der Waals surface area contributed by atoms with Crippen molar-refractivity contribution < 1.29 is 28.7 Å². The summed E-state index contributed by atoms with van der Waals surface area (Å²) in [6, 6.07) is 4.00.